The first-order valence-electron chi connectivity index (χ1n) is 5.91. The number of aliphatic hydroxyl groups is 1. The van der Waals surface area contributed by atoms with Gasteiger partial charge in [0.15, 0.2) is 0 Å². The van der Waals surface area contributed by atoms with Crippen molar-refractivity contribution >= 4 is 12.2 Å². The highest BCUT2D eigenvalue weighted by molar-refractivity contribution is 5.76. The molecule has 0 saturated carbocycles. The molecule has 6 heteroatoms. The smallest absolute Gasteiger partial charge is 0.139 e. The van der Waals surface area contributed by atoms with Gasteiger partial charge in [0.25, 0.3) is 0 Å². The summed E-state index contributed by atoms with van der Waals surface area (Å²) in [4.78, 5) is 8.30. The van der Waals surface area contributed by atoms with Crippen molar-refractivity contribution in [1.82, 2.24) is 9.55 Å². The number of fused-ring (bicyclic) bond motifs is 1. The Bertz CT molecular complexity index is 443. The molecule has 3 heterocycles. The van der Waals surface area contributed by atoms with Gasteiger partial charge in [0, 0.05) is 0 Å². The Balaban J connectivity index is 1.94. The van der Waals surface area contributed by atoms with E-state index in [0.717, 1.165) is 18.7 Å². The molecule has 0 bridgehead atoms. The van der Waals surface area contributed by atoms with Gasteiger partial charge in [0.1, 0.15) is 23.8 Å². The van der Waals surface area contributed by atoms with Gasteiger partial charge in [-0.25, -0.2) is 4.98 Å². The van der Waals surface area contributed by atoms with Gasteiger partial charge in [-0.15, -0.1) is 0 Å². The minimum absolute atomic E-state index is 0.00690. The number of aliphatic imine (C=N–C) groups is 1. The predicted octanol–water partition coefficient (Wildman–Crippen LogP) is 1.07. The third-order valence-corrected chi connectivity index (χ3v) is 3.23. The van der Waals surface area contributed by atoms with Gasteiger partial charge in [0.2, 0.25) is 0 Å². The lowest BCUT2D eigenvalue weighted by molar-refractivity contribution is 0.0122. The van der Waals surface area contributed by atoms with Crippen molar-refractivity contribution in [1.29, 1.82) is 0 Å². The van der Waals surface area contributed by atoms with Gasteiger partial charge in [-0.3, -0.25) is 9.56 Å². The van der Waals surface area contributed by atoms with Gasteiger partial charge in [-0.05, 0) is 19.8 Å². The summed E-state index contributed by atoms with van der Waals surface area (Å²) in [6, 6.07) is 0. The summed E-state index contributed by atoms with van der Waals surface area (Å²) in [5.41, 5.74) is 0.644. The second-order valence-electron chi connectivity index (χ2n) is 4.52. The minimum Gasteiger partial charge on any atom is -0.385 e. The summed E-state index contributed by atoms with van der Waals surface area (Å²) in [5.74, 6) is 0.790. The zero-order chi connectivity index (χ0) is 11.8. The predicted molar refractivity (Wildman–Crippen MR) is 63.0 cm³/mol. The normalized spacial score (nSPS) is 32.0. The SMILES string of the molecule is C[C@@H]1CCC(n2cnc3c2NC=NC[C@H]3O)O1. The van der Waals surface area contributed by atoms with Crippen LogP contribution in [0.4, 0.5) is 5.82 Å². The quantitative estimate of drug-likeness (QED) is 0.765. The molecule has 1 unspecified atom stereocenters. The molecule has 1 fully saturated rings. The van der Waals surface area contributed by atoms with Crippen molar-refractivity contribution in [3.63, 3.8) is 0 Å². The van der Waals surface area contributed by atoms with Crippen molar-refractivity contribution in [2.45, 2.75) is 38.2 Å². The number of ether oxygens (including phenoxy) is 1. The highest BCUT2D eigenvalue weighted by atomic mass is 16.5. The molecule has 2 N–H and O–H groups in total. The van der Waals surface area contributed by atoms with E-state index in [1.807, 2.05) is 4.57 Å². The van der Waals surface area contributed by atoms with Crippen LogP contribution in [-0.2, 0) is 4.74 Å². The van der Waals surface area contributed by atoms with E-state index in [9.17, 15) is 5.11 Å². The average Bonchev–Trinajstić information content (AvgIpc) is 2.86. The second-order valence-corrected chi connectivity index (χ2v) is 4.52. The number of hydrogen-bond donors (Lipinski definition) is 2. The van der Waals surface area contributed by atoms with Crippen LogP contribution in [-0.4, -0.2) is 33.6 Å². The summed E-state index contributed by atoms with van der Waals surface area (Å²) >= 11 is 0. The van der Waals surface area contributed by atoms with Crippen molar-refractivity contribution in [3.8, 4) is 0 Å². The van der Waals surface area contributed by atoms with Gasteiger partial charge in [-0.1, -0.05) is 0 Å². The first-order chi connectivity index (χ1) is 8.25. The van der Waals surface area contributed by atoms with Crippen molar-refractivity contribution in [2.75, 3.05) is 11.9 Å². The fourth-order valence-corrected chi connectivity index (χ4v) is 2.32. The van der Waals surface area contributed by atoms with Crippen LogP contribution in [0, 0.1) is 0 Å². The fourth-order valence-electron chi connectivity index (χ4n) is 2.32. The molecule has 1 saturated heterocycles. The molecule has 92 valence electrons. The lowest BCUT2D eigenvalue weighted by Gasteiger charge is -2.16. The first kappa shape index (κ1) is 10.7. The maximum Gasteiger partial charge on any atom is 0.139 e. The molecule has 0 spiro atoms. The third kappa shape index (κ3) is 1.83. The molecule has 1 aromatic heterocycles. The molecule has 0 radical (unpaired) electrons. The van der Waals surface area contributed by atoms with Crippen LogP contribution in [0.15, 0.2) is 11.3 Å². The van der Waals surface area contributed by atoms with Gasteiger partial charge in [-0.2, -0.15) is 0 Å². The topological polar surface area (TPSA) is 71.7 Å². The molecular formula is C11H16N4O2. The number of rotatable bonds is 1. The van der Waals surface area contributed by atoms with Crippen LogP contribution < -0.4 is 5.32 Å². The van der Waals surface area contributed by atoms with Crippen LogP contribution in [0.2, 0.25) is 0 Å². The lowest BCUT2D eigenvalue weighted by atomic mass is 10.2. The summed E-state index contributed by atoms with van der Waals surface area (Å²) in [7, 11) is 0. The number of anilines is 1. The summed E-state index contributed by atoms with van der Waals surface area (Å²) in [6.07, 6.45) is 4.99. The van der Waals surface area contributed by atoms with E-state index >= 15 is 0 Å². The van der Waals surface area contributed by atoms with E-state index < -0.39 is 6.10 Å². The number of aliphatic hydroxyl groups excluding tert-OH is 1. The van der Waals surface area contributed by atoms with E-state index in [4.69, 9.17) is 4.74 Å². The Labute approximate surface area is 99.3 Å². The fraction of sp³-hybridized carbons (Fsp3) is 0.636. The lowest BCUT2D eigenvalue weighted by Crippen LogP contribution is -2.12. The van der Waals surface area contributed by atoms with Gasteiger partial charge < -0.3 is 15.2 Å². The Morgan fingerprint density at radius 2 is 2.41 bits per heavy atom. The Morgan fingerprint density at radius 1 is 1.53 bits per heavy atom. The van der Waals surface area contributed by atoms with E-state index in [2.05, 4.69) is 22.2 Å². The first-order valence-corrected chi connectivity index (χ1v) is 5.91. The number of nitrogens with one attached hydrogen (secondary N) is 1. The highest BCUT2D eigenvalue weighted by Crippen LogP contribution is 2.33. The highest BCUT2D eigenvalue weighted by Gasteiger charge is 2.28. The number of aromatic nitrogens is 2. The maximum absolute atomic E-state index is 9.88. The van der Waals surface area contributed by atoms with Gasteiger partial charge in [0.05, 0.1) is 25.3 Å². The largest absolute Gasteiger partial charge is 0.385 e. The van der Waals surface area contributed by atoms with Crippen molar-refractivity contribution in [3.05, 3.63) is 12.0 Å². The third-order valence-electron chi connectivity index (χ3n) is 3.23. The van der Waals surface area contributed by atoms with Crippen LogP contribution in [0.5, 0.6) is 0 Å². The summed E-state index contributed by atoms with van der Waals surface area (Å²) in [6.45, 7) is 2.41. The van der Waals surface area contributed by atoms with Crippen LogP contribution in [0.3, 0.4) is 0 Å². The zero-order valence-electron chi connectivity index (χ0n) is 9.71. The summed E-state index contributed by atoms with van der Waals surface area (Å²) in [5, 5.41) is 12.9. The van der Waals surface area contributed by atoms with Crippen molar-refractivity contribution in [2.24, 2.45) is 4.99 Å². The van der Waals surface area contributed by atoms with E-state index in [1.54, 1.807) is 12.7 Å². The second kappa shape index (κ2) is 4.12. The number of nitrogens with zero attached hydrogens (tertiary/aromatic N) is 3. The number of imidazole rings is 1. The maximum atomic E-state index is 9.88. The van der Waals surface area contributed by atoms with E-state index in [1.165, 1.54) is 0 Å². The molecule has 0 aliphatic carbocycles. The van der Waals surface area contributed by atoms with Gasteiger partial charge >= 0.3 is 0 Å². The molecule has 17 heavy (non-hydrogen) atoms. The molecule has 2 aliphatic rings. The van der Waals surface area contributed by atoms with E-state index in [-0.39, 0.29) is 12.3 Å². The van der Waals surface area contributed by atoms with Crippen LogP contribution in [0.25, 0.3) is 0 Å². The molecule has 2 aliphatic heterocycles. The molecule has 3 rings (SSSR count). The zero-order valence-corrected chi connectivity index (χ0v) is 9.71. The molecule has 0 aromatic carbocycles. The van der Waals surface area contributed by atoms with Crippen LogP contribution >= 0.6 is 0 Å². The Kier molecular flexibility index (Phi) is 2.60. The molecule has 3 atom stereocenters. The Hall–Kier alpha value is -1.40. The van der Waals surface area contributed by atoms with Crippen LogP contribution in [0.1, 0.15) is 37.8 Å². The molecule has 1 aromatic rings. The Morgan fingerprint density at radius 3 is 3.18 bits per heavy atom. The number of hydrogen-bond acceptors (Lipinski definition) is 5. The minimum atomic E-state index is -0.642. The summed E-state index contributed by atoms with van der Waals surface area (Å²) < 4.78 is 7.75. The molecule has 6 nitrogen and oxygen atoms in total. The molecule has 0 amide bonds. The van der Waals surface area contributed by atoms with Crippen molar-refractivity contribution < 1.29 is 9.84 Å². The standard InChI is InChI=1S/C11H16N4O2/c1-7-2-3-9(17-7)15-6-14-10-8(16)4-12-5-13-11(10)15/h5-9,16H,2-4H2,1H3,(H,12,13)/t7-,8-,9?/m1/s1. The monoisotopic (exact) mass is 236 g/mol. The average molecular weight is 236 g/mol. The molecular weight excluding hydrogens is 220 g/mol. The van der Waals surface area contributed by atoms with E-state index in [0.29, 0.717) is 12.2 Å².